The molecule has 2 N–H and O–H groups in total. The zero-order valence-electron chi connectivity index (χ0n) is 27.0. The van der Waals surface area contributed by atoms with E-state index in [-0.39, 0.29) is 10.8 Å². The van der Waals surface area contributed by atoms with Gasteiger partial charge >= 0.3 is 0 Å². The van der Waals surface area contributed by atoms with Crippen molar-refractivity contribution in [3.05, 3.63) is 70.3 Å². The van der Waals surface area contributed by atoms with E-state index in [1.807, 2.05) is 24.3 Å². The highest BCUT2D eigenvalue weighted by Gasteiger charge is 2.25. The van der Waals surface area contributed by atoms with Gasteiger partial charge in [-0.15, -0.1) is 23.5 Å². The smallest absolute Gasteiger partial charge is 0.120 e. The summed E-state index contributed by atoms with van der Waals surface area (Å²) in [6.07, 6.45) is 4.28. The Morgan fingerprint density at radius 2 is 1.00 bits per heavy atom. The first-order valence-corrected chi connectivity index (χ1v) is 17.0. The van der Waals surface area contributed by atoms with Gasteiger partial charge in [-0.3, -0.25) is 0 Å². The Morgan fingerprint density at radius 3 is 1.29 bits per heavy atom. The van der Waals surface area contributed by atoms with Crippen LogP contribution in [0, 0.1) is 6.92 Å². The summed E-state index contributed by atoms with van der Waals surface area (Å²) in [7, 11) is 0. The van der Waals surface area contributed by atoms with E-state index in [9.17, 15) is 10.2 Å². The molecular weight excluding hydrogens is 545 g/mol. The molecule has 0 heterocycles. The summed E-state index contributed by atoms with van der Waals surface area (Å²) in [5.74, 6) is 0.676. The van der Waals surface area contributed by atoms with Gasteiger partial charge in [0.05, 0.1) is 11.4 Å². The molecule has 0 atom stereocenters. The number of phenols is 2. The molecule has 0 spiro atoms. The summed E-state index contributed by atoms with van der Waals surface area (Å²) in [6.45, 7) is 22.7. The Hall–Kier alpha value is -2.44. The van der Waals surface area contributed by atoms with E-state index in [0.29, 0.717) is 24.6 Å². The summed E-state index contributed by atoms with van der Waals surface area (Å²) in [6, 6.07) is 14.4. The second-order valence-electron chi connectivity index (χ2n) is 12.8. The van der Waals surface area contributed by atoms with Gasteiger partial charge in [-0.05, 0) is 91.1 Å². The van der Waals surface area contributed by atoms with Crippen LogP contribution in [0.3, 0.4) is 0 Å². The van der Waals surface area contributed by atoms with Crippen LogP contribution in [0.25, 0.3) is 0 Å². The topological polar surface area (TPSA) is 46.9 Å². The molecule has 0 aromatic heterocycles. The molecule has 0 aliphatic carbocycles. The van der Waals surface area contributed by atoms with Gasteiger partial charge in [-0.1, -0.05) is 53.7 Å². The zero-order valence-corrected chi connectivity index (χ0v) is 28.6. The Balaban J connectivity index is 2.14. The first kappa shape index (κ1) is 33.1. The lowest BCUT2D eigenvalue weighted by Gasteiger charge is -2.34. The third-order valence-electron chi connectivity index (χ3n) is 7.89. The van der Waals surface area contributed by atoms with E-state index >= 15 is 0 Å². The van der Waals surface area contributed by atoms with Crippen molar-refractivity contribution >= 4 is 34.9 Å². The molecule has 0 saturated heterocycles. The van der Waals surface area contributed by atoms with Gasteiger partial charge < -0.3 is 20.0 Å². The monoisotopic (exact) mass is 594 g/mol. The lowest BCUT2D eigenvalue weighted by Crippen LogP contribution is -2.28. The first-order valence-electron chi connectivity index (χ1n) is 14.6. The van der Waals surface area contributed by atoms with Crippen molar-refractivity contribution in [3.63, 3.8) is 0 Å². The largest absolute Gasteiger partial charge is 0.508 e. The first-order chi connectivity index (χ1) is 19.2. The van der Waals surface area contributed by atoms with Crippen molar-refractivity contribution in [2.75, 3.05) is 35.4 Å². The van der Waals surface area contributed by atoms with E-state index in [0.717, 1.165) is 24.2 Å². The minimum atomic E-state index is 0.00445. The number of rotatable bonds is 10. The number of benzene rings is 3. The van der Waals surface area contributed by atoms with Crippen LogP contribution >= 0.6 is 23.5 Å². The van der Waals surface area contributed by atoms with Crippen molar-refractivity contribution in [1.29, 1.82) is 0 Å². The molecule has 0 bridgehead atoms. The summed E-state index contributed by atoms with van der Waals surface area (Å²) in [4.78, 5) is 7.25. The van der Waals surface area contributed by atoms with Gasteiger partial charge in [-0.2, -0.15) is 0 Å². The lowest BCUT2D eigenvalue weighted by atomic mass is 9.86. The van der Waals surface area contributed by atoms with E-state index < -0.39 is 0 Å². The SMILES string of the molecule is CCN(Cc1cc(C(C)(C)C)ccc1O)c1c(SC)cc(SC)c(N(CC)Cc2cc(C(C)(C)C)ccc2O)c1C. The van der Waals surface area contributed by atoms with Crippen LogP contribution in [-0.2, 0) is 23.9 Å². The quantitative estimate of drug-likeness (QED) is 0.228. The van der Waals surface area contributed by atoms with Crippen molar-refractivity contribution in [1.82, 2.24) is 0 Å². The minimum Gasteiger partial charge on any atom is -0.508 e. The zero-order chi connectivity index (χ0) is 30.7. The van der Waals surface area contributed by atoms with E-state index in [4.69, 9.17) is 0 Å². The highest BCUT2D eigenvalue weighted by Crippen LogP contribution is 2.45. The molecule has 4 nitrogen and oxygen atoms in total. The van der Waals surface area contributed by atoms with Crippen molar-refractivity contribution < 1.29 is 10.2 Å². The van der Waals surface area contributed by atoms with Gasteiger partial charge in [0, 0.05) is 47.1 Å². The van der Waals surface area contributed by atoms with Crippen molar-refractivity contribution in [2.45, 2.75) is 96.0 Å². The molecule has 6 heteroatoms. The second kappa shape index (κ2) is 13.2. The minimum absolute atomic E-state index is 0.00445. The van der Waals surface area contributed by atoms with Crippen molar-refractivity contribution in [3.8, 4) is 11.5 Å². The summed E-state index contributed by atoms with van der Waals surface area (Å²) in [5.41, 5.74) is 7.97. The number of hydrogen-bond acceptors (Lipinski definition) is 6. The fourth-order valence-corrected chi connectivity index (χ4v) is 6.80. The molecule has 0 unspecified atom stereocenters. The molecule has 3 aromatic carbocycles. The number of phenolic OH excluding ortho intramolecular Hbond substituents is 2. The summed E-state index contributed by atoms with van der Waals surface area (Å²) in [5, 5.41) is 21.7. The number of anilines is 2. The molecule has 0 saturated carbocycles. The third kappa shape index (κ3) is 7.50. The number of aromatic hydroxyl groups is 2. The normalized spacial score (nSPS) is 12.1. The second-order valence-corrected chi connectivity index (χ2v) is 14.5. The number of thioether (sulfide) groups is 2. The predicted octanol–water partition coefficient (Wildman–Crippen LogP) is 9.50. The molecular formula is C35H50N2O2S2. The average Bonchev–Trinajstić information content (AvgIpc) is 2.91. The lowest BCUT2D eigenvalue weighted by molar-refractivity contribution is 0.465. The molecule has 0 radical (unpaired) electrons. The van der Waals surface area contributed by atoms with E-state index in [2.05, 4.69) is 103 Å². The third-order valence-corrected chi connectivity index (χ3v) is 9.39. The average molecular weight is 595 g/mol. The maximum Gasteiger partial charge on any atom is 0.120 e. The van der Waals surface area contributed by atoms with Crippen LogP contribution in [0.5, 0.6) is 11.5 Å². The molecule has 41 heavy (non-hydrogen) atoms. The molecule has 224 valence electrons. The van der Waals surface area contributed by atoms with E-state index in [1.165, 1.54) is 37.9 Å². The van der Waals surface area contributed by atoms with Crippen LogP contribution in [0.2, 0.25) is 0 Å². The number of hydrogen-bond donors (Lipinski definition) is 2. The van der Waals surface area contributed by atoms with Gasteiger partial charge in [-0.25, -0.2) is 0 Å². The fourth-order valence-electron chi connectivity index (χ4n) is 5.30. The Morgan fingerprint density at radius 1 is 0.634 bits per heavy atom. The molecule has 3 rings (SSSR count). The maximum atomic E-state index is 10.9. The highest BCUT2D eigenvalue weighted by atomic mass is 32.2. The molecule has 3 aromatic rings. The number of nitrogens with zero attached hydrogens (tertiary/aromatic N) is 2. The maximum absolute atomic E-state index is 10.9. The Labute approximate surface area is 257 Å². The molecule has 0 aliphatic rings. The van der Waals surface area contributed by atoms with Gasteiger partial charge in [0.15, 0.2) is 0 Å². The van der Waals surface area contributed by atoms with Crippen molar-refractivity contribution in [2.24, 2.45) is 0 Å². The van der Waals surface area contributed by atoms with Crippen LogP contribution in [-0.4, -0.2) is 35.8 Å². The summed E-state index contributed by atoms with van der Waals surface area (Å²) < 4.78 is 0. The van der Waals surface area contributed by atoms with Crippen LogP contribution in [0.15, 0.2) is 52.3 Å². The standard InChI is InChI=1S/C35H50N2O2S2/c1-12-36(21-24-18-26(34(4,5)6)14-16-28(24)38)32-23(3)33(31(41-11)20-30(32)40-10)37(13-2)22-25-19-27(35(7,8)9)15-17-29(25)39/h14-20,38-39H,12-13,21-22H2,1-11H3. The van der Waals surface area contributed by atoms with Gasteiger partial charge in [0.1, 0.15) is 11.5 Å². The highest BCUT2D eigenvalue weighted by molar-refractivity contribution is 7.99. The molecule has 0 amide bonds. The predicted molar refractivity (Wildman–Crippen MR) is 182 cm³/mol. The van der Waals surface area contributed by atoms with Gasteiger partial charge in [0.2, 0.25) is 0 Å². The molecule has 0 fully saturated rings. The Bertz CT molecular complexity index is 1260. The van der Waals surface area contributed by atoms with E-state index in [1.54, 1.807) is 23.5 Å². The van der Waals surface area contributed by atoms with Crippen LogP contribution in [0.1, 0.15) is 83.2 Å². The fraction of sp³-hybridized carbons (Fsp3) is 0.486. The Kier molecular flexibility index (Phi) is 10.7. The van der Waals surface area contributed by atoms with Gasteiger partial charge in [0.25, 0.3) is 0 Å². The van der Waals surface area contributed by atoms with Crippen LogP contribution in [0.4, 0.5) is 11.4 Å². The molecule has 0 aliphatic heterocycles. The van der Waals surface area contributed by atoms with Crippen LogP contribution < -0.4 is 9.80 Å². The summed E-state index contributed by atoms with van der Waals surface area (Å²) >= 11 is 3.54.